The fourth-order valence-electron chi connectivity index (χ4n) is 4.16. The van der Waals surface area contributed by atoms with Gasteiger partial charge in [0.15, 0.2) is 5.92 Å². The highest BCUT2D eigenvalue weighted by atomic mass is 19.4. The van der Waals surface area contributed by atoms with Crippen molar-refractivity contribution in [3.63, 3.8) is 0 Å². The molecule has 0 heterocycles. The number of carbonyl (C=O) groups excluding carboxylic acids is 3. The summed E-state index contributed by atoms with van der Waals surface area (Å²) in [5.41, 5.74) is 1.52. The van der Waals surface area contributed by atoms with Crippen LogP contribution in [0.2, 0.25) is 0 Å². The van der Waals surface area contributed by atoms with Crippen molar-refractivity contribution in [2.75, 3.05) is 0 Å². The lowest BCUT2D eigenvalue weighted by atomic mass is 10.0. The Labute approximate surface area is 246 Å². The van der Waals surface area contributed by atoms with Gasteiger partial charge in [0, 0.05) is 13.0 Å². The Morgan fingerprint density at radius 2 is 1.50 bits per heavy atom. The summed E-state index contributed by atoms with van der Waals surface area (Å²) in [5.74, 6) is -2.20. The molecule has 7 nitrogen and oxygen atoms in total. The average Bonchev–Trinajstić information content (AvgIpc) is 2.96. The molecule has 3 unspecified atom stereocenters. The lowest BCUT2D eigenvalue weighted by molar-refractivity contribution is -0.274. The van der Waals surface area contributed by atoms with Gasteiger partial charge in [0.2, 0.25) is 11.8 Å². The molecule has 2 rings (SSSR count). The molecule has 3 N–H and O–H groups in total. The number of ether oxygens (including phenoxy) is 1. The molecule has 0 aromatic heterocycles. The molecule has 0 aliphatic heterocycles. The molecular weight excluding hydrogens is 547 g/mol. The Morgan fingerprint density at radius 1 is 0.857 bits per heavy atom. The van der Waals surface area contributed by atoms with Crippen LogP contribution in [0.1, 0.15) is 56.1 Å². The first-order valence-electron chi connectivity index (χ1n) is 14.0. The largest absolute Gasteiger partial charge is 0.573 e. The molecule has 0 saturated carbocycles. The SMILES string of the molecule is C=CCCCC(NC(=O)C([CH2+])CCC[CH2+])C(=O)NC(CCc1ccccc1)C(=O)NCc1ccc(OC(F)(F)F)cc1. The number of aryl methyl sites for hydroxylation is 1. The van der Waals surface area contributed by atoms with Crippen LogP contribution in [0.4, 0.5) is 13.2 Å². The number of hydrogen-bond donors (Lipinski definition) is 3. The van der Waals surface area contributed by atoms with Crippen molar-refractivity contribution in [3.05, 3.63) is 92.2 Å². The second kappa shape index (κ2) is 17.7. The van der Waals surface area contributed by atoms with Gasteiger partial charge in [-0.05, 0) is 61.8 Å². The number of benzene rings is 2. The summed E-state index contributed by atoms with van der Waals surface area (Å²) in [6.07, 6.45) is 1.28. The summed E-state index contributed by atoms with van der Waals surface area (Å²) in [7, 11) is 0. The summed E-state index contributed by atoms with van der Waals surface area (Å²) in [6.45, 7) is 11.4. The third-order valence-corrected chi connectivity index (χ3v) is 6.53. The molecule has 0 aliphatic rings. The van der Waals surface area contributed by atoms with Crippen LogP contribution in [-0.2, 0) is 27.3 Å². The monoisotopic (exact) mass is 587 g/mol. The van der Waals surface area contributed by atoms with Crippen LogP contribution in [0.15, 0.2) is 67.3 Å². The molecule has 42 heavy (non-hydrogen) atoms. The van der Waals surface area contributed by atoms with Gasteiger partial charge in [-0.2, -0.15) is 0 Å². The van der Waals surface area contributed by atoms with Gasteiger partial charge in [0.05, 0.1) is 20.3 Å². The summed E-state index contributed by atoms with van der Waals surface area (Å²) in [5, 5.41) is 8.34. The molecule has 226 valence electrons. The van der Waals surface area contributed by atoms with E-state index >= 15 is 0 Å². The molecular formula is C32H40F3N3O4+2. The Kier molecular flexibility index (Phi) is 14.4. The van der Waals surface area contributed by atoms with E-state index in [1.807, 2.05) is 30.3 Å². The van der Waals surface area contributed by atoms with E-state index in [1.165, 1.54) is 12.1 Å². The minimum atomic E-state index is -4.80. The zero-order valence-corrected chi connectivity index (χ0v) is 23.8. The third-order valence-electron chi connectivity index (χ3n) is 6.53. The highest BCUT2D eigenvalue weighted by molar-refractivity contribution is 5.92. The number of unbranched alkanes of at least 4 members (excludes halogenated alkanes) is 2. The zero-order valence-electron chi connectivity index (χ0n) is 23.8. The first-order valence-corrected chi connectivity index (χ1v) is 14.0. The molecule has 2 aromatic carbocycles. The summed E-state index contributed by atoms with van der Waals surface area (Å²) in [6, 6.07) is 12.8. The van der Waals surface area contributed by atoms with E-state index in [4.69, 9.17) is 0 Å². The molecule has 10 heteroatoms. The van der Waals surface area contributed by atoms with Crippen LogP contribution in [-0.4, -0.2) is 36.2 Å². The first-order chi connectivity index (χ1) is 20.0. The van der Waals surface area contributed by atoms with Crippen LogP contribution >= 0.6 is 0 Å². The van der Waals surface area contributed by atoms with E-state index in [9.17, 15) is 27.6 Å². The van der Waals surface area contributed by atoms with Crippen molar-refractivity contribution in [1.29, 1.82) is 0 Å². The number of halogens is 3. The fraction of sp³-hybridized carbons (Fsp3) is 0.406. The van der Waals surface area contributed by atoms with Crippen LogP contribution in [0.25, 0.3) is 0 Å². The molecule has 0 spiro atoms. The smallest absolute Gasteiger partial charge is 0.406 e. The summed E-state index contributed by atoms with van der Waals surface area (Å²) >= 11 is 0. The summed E-state index contributed by atoms with van der Waals surface area (Å²) in [4.78, 5) is 39.4. The Bertz CT molecular complexity index is 1120. The van der Waals surface area contributed by atoms with Crippen molar-refractivity contribution in [2.45, 2.75) is 76.4 Å². The normalized spacial score (nSPS) is 13.3. The second-order valence-electron chi connectivity index (χ2n) is 9.97. The van der Waals surface area contributed by atoms with Gasteiger partial charge in [0.1, 0.15) is 17.8 Å². The topological polar surface area (TPSA) is 96.5 Å². The highest BCUT2D eigenvalue weighted by Crippen LogP contribution is 2.22. The van der Waals surface area contributed by atoms with Crippen molar-refractivity contribution in [3.8, 4) is 5.75 Å². The number of rotatable bonds is 18. The maximum Gasteiger partial charge on any atom is 0.573 e. The average molecular weight is 588 g/mol. The minimum absolute atomic E-state index is 0.0256. The standard InChI is InChI=1S/C32H38F3N3O4/c1-4-6-9-15-27(37-29(39)23(3)12-7-5-2)31(41)38-28(21-18-24-13-10-8-11-14-24)30(40)36-22-25-16-19-26(20-17-25)42-32(33,34)35/h4,8,10-11,13-14,16-17,19-20,23,27-28H,1-3,5-7,9,12,15,18,21-22H2,(H-2,36,37,38,39,40,41)/p+2. The van der Waals surface area contributed by atoms with E-state index in [2.05, 4.69) is 41.1 Å². The van der Waals surface area contributed by atoms with Crippen LogP contribution in [0.5, 0.6) is 5.75 Å². The maximum absolute atomic E-state index is 13.4. The van der Waals surface area contributed by atoms with Gasteiger partial charge in [-0.25, -0.2) is 0 Å². The molecule has 3 amide bonds. The predicted molar refractivity (Wildman–Crippen MR) is 156 cm³/mol. The van der Waals surface area contributed by atoms with E-state index in [0.29, 0.717) is 44.1 Å². The quantitative estimate of drug-likeness (QED) is 0.120. The predicted octanol–water partition coefficient (Wildman–Crippen LogP) is 5.61. The van der Waals surface area contributed by atoms with E-state index < -0.39 is 36.2 Å². The van der Waals surface area contributed by atoms with Gasteiger partial charge in [-0.15, -0.1) is 19.8 Å². The maximum atomic E-state index is 13.4. The van der Waals surface area contributed by atoms with Crippen molar-refractivity contribution in [1.82, 2.24) is 16.0 Å². The first kappa shape index (κ1) is 34.1. The Morgan fingerprint density at radius 3 is 2.12 bits per heavy atom. The number of alkyl halides is 3. The van der Waals surface area contributed by atoms with Gasteiger partial charge < -0.3 is 20.7 Å². The van der Waals surface area contributed by atoms with Crippen LogP contribution in [0, 0.1) is 19.8 Å². The van der Waals surface area contributed by atoms with Crippen LogP contribution in [0.3, 0.4) is 0 Å². The molecule has 0 fully saturated rings. The van der Waals surface area contributed by atoms with Gasteiger partial charge in [0.25, 0.3) is 5.91 Å². The second-order valence-corrected chi connectivity index (χ2v) is 9.97. The van der Waals surface area contributed by atoms with E-state index in [0.717, 1.165) is 24.1 Å². The molecule has 0 aliphatic carbocycles. The third kappa shape index (κ3) is 13.1. The molecule has 3 atom stereocenters. The van der Waals surface area contributed by atoms with Crippen molar-refractivity contribution in [2.24, 2.45) is 5.92 Å². The zero-order chi connectivity index (χ0) is 31.0. The van der Waals surface area contributed by atoms with Gasteiger partial charge in [-0.1, -0.05) is 48.5 Å². The lowest BCUT2D eigenvalue weighted by Gasteiger charge is -2.24. The number of hydrogen-bond acceptors (Lipinski definition) is 4. The number of carbonyl (C=O) groups is 3. The molecule has 0 radical (unpaired) electrons. The van der Waals surface area contributed by atoms with Gasteiger partial charge in [-0.3, -0.25) is 14.4 Å². The number of amides is 3. The van der Waals surface area contributed by atoms with Gasteiger partial charge >= 0.3 is 6.36 Å². The fourth-order valence-corrected chi connectivity index (χ4v) is 4.16. The number of nitrogens with one attached hydrogen (secondary N) is 3. The van der Waals surface area contributed by atoms with Crippen molar-refractivity contribution >= 4 is 17.7 Å². The molecule has 0 bridgehead atoms. The minimum Gasteiger partial charge on any atom is -0.406 e. The lowest BCUT2D eigenvalue weighted by Crippen LogP contribution is -2.54. The van der Waals surface area contributed by atoms with Crippen LogP contribution < -0.4 is 20.7 Å². The molecule has 2 aromatic rings. The highest BCUT2D eigenvalue weighted by Gasteiger charge is 2.31. The Balaban J connectivity index is 2.12. The van der Waals surface area contributed by atoms with Crippen molar-refractivity contribution < 1.29 is 32.3 Å². The van der Waals surface area contributed by atoms with E-state index in [-0.39, 0.29) is 24.6 Å². The Hall–Kier alpha value is -4.08. The number of allylic oxidation sites excluding steroid dienone is 1. The molecule has 0 saturated heterocycles. The summed E-state index contributed by atoms with van der Waals surface area (Å²) < 4.78 is 41.2. The van der Waals surface area contributed by atoms with E-state index in [1.54, 1.807) is 6.08 Å².